The van der Waals surface area contributed by atoms with Gasteiger partial charge in [0.25, 0.3) is 5.91 Å². The Hall–Kier alpha value is -2.63. The predicted octanol–water partition coefficient (Wildman–Crippen LogP) is 2.44. The molecule has 2 rings (SSSR count). The summed E-state index contributed by atoms with van der Waals surface area (Å²) >= 11 is 0. The van der Waals surface area contributed by atoms with Crippen LogP contribution in [0.2, 0.25) is 0 Å². The number of carbonyl (C=O) groups excluding carboxylic acids is 1. The largest absolute Gasteiger partial charge is 0.493 e. The van der Waals surface area contributed by atoms with Crippen molar-refractivity contribution in [3.8, 4) is 11.5 Å². The van der Waals surface area contributed by atoms with Crippen molar-refractivity contribution in [3.05, 3.63) is 35.8 Å². The molecule has 2 aromatic rings. The van der Waals surface area contributed by atoms with Crippen LogP contribution in [-0.2, 0) is 0 Å². The molecule has 0 aliphatic carbocycles. The molecule has 1 amide bonds. The van der Waals surface area contributed by atoms with Gasteiger partial charge in [-0.1, -0.05) is 0 Å². The van der Waals surface area contributed by atoms with Gasteiger partial charge < -0.3 is 24.9 Å². The highest BCUT2D eigenvalue weighted by Gasteiger charge is 2.15. The molecule has 1 aromatic carbocycles. The number of aryl methyl sites for hydroxylation is 1. The Bertz CT molecular complexity index is 634. The van der Waals surface area contributed by atoms with Crippen molar-refractivity contribution in [2.75, 3.05) is 25.3 Å². The van der Waals surface area contributed by atoms with E-state index in [-0.39, 0.29) is 5.91 Å². The van der Waals surface area contributed by atoms with Gasteiger partial charge in [0.2, 0.25) is 0 Å². The maximum absolute atomic E-state index is 12.1. The minimum Gasteiger partial charge on any atom is -0.493 e. The fourth-order valence-electron chi connectivity index (χ4n) is 1.81. The number of ether oxygens (including phenoxy) is 2. The lowest BCUT2D eigenvalue weighted by molar-refractivity contribution is 0.102. The molecule has 20 heavy (non-hydrogen) atoms. The number of rotatable bonds is 4. The van der Waals surface area contributed by atoms with Gasteiger partial charge in [0.1, 0.15) is 5.76 Å². The molecule has 106 valence electrons. The standard InChI is InChI=1S/C14H16N2O4/c1-8-9(4-5-20-8)14(17)16-11-7-13(19-3)12(18-2)6-10(11)15/h4-7H,15H2,1-3H3,(H,16,17). The van der Waals surface area contributed by atoms with E-state index in [1.807, 2.05) is 0 Å². The zero-order valence-electron chi connectivity index (χ0n) is 11.5. The Labute approximate surface area is 116 Å². The second kappa shape index (κ2) is 5.56. The zero-order valence-corrected chi connectivity index (χ0v) is 11.5. The summed E-state index contributed by atoms with van der Waals surface area (Å²) in [6, 6.07) is 4.81. The second-order valence-corrected chi connectivity index (χ2v) is 4.14. The number of furan rings is 1. The lowest BCUT2D eigenvalue weighted by atomic mass is 10.2. The summed E-state index contributed by atoms with van der Waals surface area (Å²) in [5.41, 5.74) is 7.18. The summed E-state index contributed by atoms with van der Waals surface area (Å²) in [5, 5.41) is 2.72. The number of benzene rings is 1. The fraction of sp³-hybridized carbons (Fsp3) is 0.214. The fourth-order valence-corrected chi connectivity index (χ4v) is 1.81. The van der Waals surface area contributed by atoms with E-state index in [0.29, 0.717) is 34.2 Å². The Balaban J connectivity index is 2.30. The van der Waals surface area contributed by atoms with Crippen LogP contribution in [0, 0.1) is 6.92 Å². The van der Waals surface area contributed by atoms with Crippen molar-refractivity contribution in [2.24, 2.45) is 0 Å². The van der Waals surface area contributed by atoms with E-state index in [1.165, 1.54) is 20.5 Å². The Kier molecular flexibility index (Phi) is 3.84. The summed E-state index contributed by atoms with van der Waals surface area (Å²) < 4.78 is 15.4. The molecule has 6 nitrogen and oxygen atoms in total. The van der Waals surface area contributed by atoms with Gasteiger partial charge in [-0.05, 0) is 13.0 Å². The van der Waals surface area contributed by atoms with Gasteiger partial charge in [0, 0.05) is 12.1 Å². The third-order valence-electron chi connectivity index (χ3n) is 2.91. The van der Waals surface area contributed by atoms with Gasteiger partial charge >= 0.3 is 0 Å². The van der Waals surface area contributed by atoms with Crippen LogP contribution in [0.25, 0.3) is 0 Å². The highest BCUT2D eigenvalue weighted by Crippen LogP contribution is 2.35. The predicted molar refractivity (Wildman–Crippen MR) is 75.4 cm³/mol. The minimum absolute atomic E-state index is 0.296. The summed E-state index contributed by atoms with van der Waals surface area (Å²) in [4.78, 5) is 12.1. The SMILES string of the molecule is COc1cc(N)c(NC(=O)c2ccoc2C)cc1OC. The van der Waals surface area contributed by atoms with Gasteiger partial charge in [0.05, 0.1) is 37.4 Å². The molecule has 1 heterocycles. The number of hydrogen-bond acceptors (Lipinski definition) is 5. The third kappa shape index (κ3) is 2.54. The van der Waals surface area contributed by atoms with Crippen LogP contribution in [0.15, 0.2) is 28.9 Å². The first-order valence-corrected chi connectivity index (χ1v) is 5.93. The second-order valence-electron chi connectivity index (χ2n) is 4.14. The van der Waals surface area contributed by atoms with Crippen molar-refractivity contribution in [1.82, 2.24) is 0 Å². The number of nitrogens with two attached hydrogens (primary N) is 1. The first-order chi connectivity index (χ1) is 9.56. The van der Waals surface area contributed by atoms with Gasteiger partial charge in [-0.15, -0.1) is 0 Å². The van der Waals surface area contributed by atoms with Crippen LogP contribution >= 0.6 is 0 Å². The highest BCUT2D eigenvalue weighted by atomic mass is 16.5. The lowest BCUT2D eigenvalue weighted by Crippen LogP contribution is -2.13. The number of nitrogen functional groups attached to an aromatic ring is 1. The van der Waals surface area contributed by atoms with Crippen molar-refractivity contribution >= 4 is 17.3 Å². The maximum Gasteiger partial charge on any atom is 0.259 e. The first-order valence-electron chi connectivity index (χ1n) is 5.93. The summed E-state index contributed by atoms with van der Waals surface area (Å²) in [5.74, 6) is 1.24. The molecule has 1 aromatic heterocycles. The summed E-state index contributed by atoms with van der Waals surface area (Å²) in [6.45, 7) is 1.72. The van der Waals surface area contributed by atoms with Crippen molar-refractivity contribution < 1.29 is 18.7 Å². The zero-order chi connectivity index (χ0) is 14.7. The van der Waals surface area contributed by atoms with Crippen molar-refractivity contribution in [1.29, 1.82) is 0 Å². The molecule has 6 heteroatoms. The van der Waals surface area contributed by atoms with Crippen LogP contribution < -0.4 is 20.5 Å². The molecular weight excluding hydrogens is 260 g/mol. The van der Waals surface area contributed by atoms with E-state index in [1.54, 1.807) is 25.1 Å². The molecule has 0 unspecified atom stereocenters. The number of carbonyl (C=O) groups is 1. The molecule has 3 N–H and O–H groups in total. The van der Waals surface area contributed by atoms with E-state index in [9.17, 15) is 4.79 Å². The van der Waals surface area contributed by atoms with E-state index < -0.39 is 0 Å². The molecule has 0 fully saturated rings. The van der Waals surface area contributed by atoms with Crippen LogP contribution in [0.5, 0.6) is 11.5 Å². The number of anilines is 2. The third-order valence-corrected chi connectivity index (χ3v) is 2.91. The molecule has 0 aliphatic heterocycles. The first kappa shape index (κ1) is 13.8. The highest BCUT2D eigenvalue weighted by molar-refractivity contribution is 6.06. The topological polar surface area (TPSA) is 86.7 Å². The average Bonchev–Trinajstić information content (AvgIpc) is 2.86. The summed E-state index contributed by atoms with van der Waals surface area (Å²) in [6.07, 6.45) is 1.46. The number of methoxy groups -OCH3 is 2. The summed E-state index contributed by atoms with van der Waals surface area (Å²) in [7, 11) is 3.03. The van der Waals surface area contributed by atoms with Gasteiger partial charge in [-0.3, -0.25) is 4.79 Å². The van der Waals surface area contributed by atoms with Gasteiger partial charge in [0.15, 0.2) is 11.5 Å². The Morgan fingerprint density at radius 1 is 1.25 bits per heavy atom. The number of nitrogens with one attached hydrogen (secondary N) is 1. The molecule has 0 spiro atoms. The molecule has 0 saturated carbocycles. The lowest BCUT2D eigenvalue weighted by Gasteiger charge is -2.13. The van der Waals surface area contributed by atoms with Crippen molar-refractivity contribution in [3.63, 3.8) is 0 Å². The smallest absolute Gasteiger partial charge is 0.259 e. The Morgan fingerprint density at radius 3 is 2.45 bits per heavy atom. The van der Waals surface area contributed by atoms with Crippen molar-refractivity contribution in [2.45, 2.75) is 6.92 Å². The van der Waals surface area contributed by atoms with E-state index in [4.69, 9.17) is 19.6 Å². The van der Waals surface area contributed by atoms with Crippen LogP contribution in [0.3, 0.4) is 0 Å². The van der Waals surface area contributed by atoms with E-state index in [0.717, 1.165) is 0 Å². The van der Waals surface area contributed by atoms with E-state index in [2.05, 4.69) is 5.32 Å². The monoisotopic (exact) mass is 276 g/mol. The van der Waals surface area contributed by atoms with Gasteiger partial charge in [-0.25, -0.2) is 0 Å². The minimum atomic E-state index is -0.296. The molecule has 0 radical (unpaired) electrons. The molecule has 0 aliphatic rings. The Morgan fingerprint density at radius 2 is 1.90 bits per heavy atom. The number of amides is 1. The maximum atomic E-state index is 12.1. The van der Waals surface area contributed by atoms with E-state index >= 15 is 0 Å². The quantitative estimate of drug-likeness (QED) is 0.837. The average molecular weight is 276 g/mol. The normalized spacial score (nSPS) is 10.2. The van der Waals surface area contributed by atoms with Gasteiger partial charge in [-0.2, -0.15) is 0 Å². The molecule has 0 bridgehead atoms. The molecular formula is C14H16N2O4. The molecule has 0 atom stereocenters. The van der Waals surface area contributed by atoms with Crippen LogP contribution in [0.4, 0.5) is 11.4 Å². The number of hydrogen-bond donors (Lipinski definition) is 2. The van der Waals surface area contributed by atoms with Crippen LogP contribution in [-0.4, -0.2) is 20.1 Å². The van der Waals surface area contributed by atoms with Crippen LogP contribution in [0.1, 0.15) is 16.1 Å². The molecule has 0 saturated heterocycles.